The fourth-order valence-electron chi connectivity index (χ4n) is 2.98. The lowest BCUT2D eigenvalue weighted by Gasteiger charge is -2.07. The van der Waals surface area contributed by atoms with Gasteiger partial charge in [-0.1, -0.05) is 60.7 Å². The van der Waals surface area contributed by atoms with Crippen LogP contribution in [-0.4, -0.2) is 30.7 Å². The maximum atomic E-state index is 12.6. The van der Waals surface area contributed by atoms with E-state index in [1.54, 1.807) is 30.0 Å². The Morgan fingerprint density at radius 3 is 2.41 bits per heavy atom. The van der Waals surface area contributed by atoms with Gasteiger partial charge in [-0.2, -0.15) is 11.8 Å². The molecule has 0 unspecified atom stereocenters. The van der Waals surface area contributed by atoms with Crippen molar-refractivity contribution in [1.29, 1.82) is 0 Å². The van der Waals surface area contributed by atoms with Crippen molar-refractivity contribution in [3.63, 3.8) is 0 Å². The van der Waals surface area contributed by atoms with E-state index in [1.165, 1.54) is 5.56 Å². The zero-order chi connectivity index (χ0) is 20.1. The van der Waals surface area contributed by atoms with Crippen molar-refractivity contribution in [1.82, 2.24) is 14.7 Å². The zero-order valence-corrected chi connectivity index (χ0v) is 17.3. The number of thioether (sulfide) groups is 1. The van der Waals surface area contributed by atoms with Crippen molar-refractivity contribution >= 4 is 32.8 Å². The molecule has 0 radical (unpaired) electrons. The summed E-state index contributed by atoms with van der Waals surface area (Å²) in [7, 11) is -3.56. The molecule has 1 heterocycles. The van der Waals surface area contributed by atoms with Crippen molar-refractivity contribution in [2.75, 3.05) is 12.3 Å². The van der Waals surface area contributed by atoms with E-state index in [1.807, 2.05) is 48.5 Å². The highest BCUT2D eigenvalue weighted by Gasteiger charge is 2.15. The quantitative estimate of drug-likeness (QED) is 0.411. The summed E-state index contributed by atoms with van der Waals surface area (Å²) in [6.07, 6.45) is 0. The Bertz CT molecular complexity index is 1190. The second-order valence-corrected chi connectivity index (χ2v) is 9.44. The number of rotatable bonds is 8. The van der Waals surface area contributed by atoms with Crippen LogP contribution in [0.5, 0.6) is 0 Å². The van der Waals surface area contributed by atoms with Gasteiger partial charge in [-0.15, -0.1) is 0 Å². The summed E-state index contributed by atoms with van der Waals surface area (Å²) >= 11 is 1.70. The third-order valence-corrected chi connectivity index (χ3v) is 6.95. The first kappa shape index (κ1) is 19.7. The maximum Gasteiger partial charge on any atom is 0.240 e. The van der Waals surface area contributed by atoms with Gasteiger partial charge in [0.1, 0.15) is 5.82 Å². The molecule has 1 aromatic heterocycles. The maximum absolute atomic E-state index is 12.6. The second-order valence-electron chi connectivity index (χ2n) is 6.57. The van der Waals surface area contributed by atoms with Gasteiger partial charge >= 0.3 is 0 Å². The minimum Gasteiger partial charge on any atom is -0.338 e. The highest BCUT2D eigenvalue weighted by molar-refractivity contribution is 7.98. The van der Waals surface area contributed by atoms with Gasteiger partial charge in [0.25, 0.3) is 0 Å². The predicted molar refractivity (Wildman–Crippen MR) is 119 cm³/mol. The Morgan fingerprint density at radius 2 is 1.66 bits per heavy atom. The highest BCUT2D eigenvalue weighted by Crippen LogP contribution is 2.22. The van der Waals surface area contributed by atoms with Crippen molar-refractivity contribution in [2.45, 2.75) is 10.6 Å². The average molecular weight is 424 g/mol. The van der Waals surface area contributed by atoms with E-state index in [-0.39, 0.29) is 4.90 Å². The number of nitrogens with zero attached hydrogens (tertiary/aromatic N) is 1. The molecule has 7 heteroatoms. The van der Waals surface area contributed by atoms with Crippen LogP contribution in [0.3, 0.4) is 0 Å². The largest absolute Gasteiger partial charge is 0.338 e. The van der Waals surface area contributed by atoms with E-state index in [2.05, 4.69) is 26.8 Å². The summed E-state index contributed by atoms with van der Waals surface area (Å²) in [5.41, 5.74) is 3.63. The molecule has 0 saturated carbocycles. The van der Waals surface area contributed by atoms with Crippen molar-refractivity contribution in [3.05, 3.63) is 84.4 Å². The van der Waals surface area contributed by atoms with Gasteiger partial charge in [-0.05, 0) is 23.8 Å². The number of sulfonamides is 1. The molecule has 4 rings (SSSR count). The minimum atomic E-state index is -3.56. The van der Waals surface area contributed by atoms with Crippen molar-refractivity contribution in [2.24, 2.45) is 0 Å². The Morgan fingerprint density at radius 1 is 0.931 bits per heavy atom. The molecule has 0 aliphatic carbocycles. The van der Waals surface area contributed by atoms with Crippen LogP contribution in [0.15, 0.2) is 83.8 Å². The van der Waals surface area contributed by atoms with E-state index in [4.69, 9.17) is 0 Å². The molecule has 0 spiro atoms. The molecule has 0 atom stereocenters. The standard InChI is InChI=1S/C22H21N3O2S2/c26-29(27,23-13-14-28-16-17-7-3-1-4-8-17)19-11-12-20-21(15-19)25-22(24-20)18-9-5-2-6-10-18/h1-12,15,23H,13-14,16H2,(H,24,25). The molecule has 0 aliphatic heterocycles. The van der Waals surface area contributed by atoms with Gasteiger partial charge in [-0.3, -0.25) is 0 Å². The fraction of sp³-hybridized carbons (Fsp3) is 0.136. The van der Waals surface area contributed by atoms with E-state index in [9.17, 15) is 8.42 Å². The summed E-state index contributed by atoms with van der Waals surface area (Å²) in [6, 6.07) is 24.9. The summed E-state index contributed by atoms with van der Waals surface area (Å²) in [5, 5.41) is 0. The van der Waals surface area contributed by atoms with E-state index in [0.29, 0.717) is 17.8 Å². The number of aromatic amines is 1. The van der Waals surface area contributed by atoms with Gasteiger partial charge in [0.05, 0.1) is 15.9 Å². The smallest absolute Gasteiger partial charge is 0.240 e. The lowest BCUT2D eigenvalue weighted by molar-refractivity contribution is 0.584. The van der Waals surface area contributed by atoms with Crippen molar-refractivity contribution < 1.29 is 8.42 Å². The normalized spacial score (nSPS) is 11.7. The van der Waals surface area contributed by atoms with Crippen molar-refractivity contribution in [3.8, 4) is 11.4 Å². The average Bonchev–Trinajstić information content (AvgIpc) is 3.18. The van der Waals surface area contributed by atoms with Crippen LogP contribution in [0, 0.1) is 0 Å². The van der Waals surface area contributed by atoms with Gasteiger partial charge in [0.2, 0.25) is 10.0 Å². The summed E-state index contributed by atoms with van der Waals surface area (Å²) in [6.45, 7) is 0.385. The van der Waals surface area contributed by atoms with Crippen LogP contribution in [-0.2, 0) is 15.8 Å². The Labute approximate surface area is 174 Å². The van der Waals surface area contributed by atoms with Gasteiger partial charge in [0, 0.05) is 23.6 Å². The number of hydrogen-bond donors (Lipinski definition) is 2. The van der Waals surface area contributed by atoms with Crippen LogP contribution in [0.25, 0.3) is 22.4 Å². The van der Waals surface area contributed by atoms with E-state index < -0.39 is 10.0 Å². The zero-order valence-electron chi connectivity index (χ0n) is 15.7. The van der Waals surface area contributed by atoms with Gasteiger partial charge in [0.15, 0.2) is 0 Å². The fourth-order valence-corrected chi connectivity index (χ4v) is 4.99. The molecule has 0 saturated heterocycles. The number of benzene rings is 3. The molecule has 4 aromatic rings. The SMILES string of the molecule is O=S(=O)(NCCSCc1ccccc1)c1ccc2nc(-c3ccccc3)[nH]c2c1. The number of fused-ring (bicyclic) bond motifs is 1. The van der Waals surface area contributed by atoms with Crippen LogP contribution in [0.2, 0.25) is 0 Å². The molecule has 2 N–H and O–H groups in total. The van der Waals surface area contributed by atoms with E-state index in [0.717, 1.165) is 22.7 Å². The van der Waals surface area contributed by atoms with Crippen LogP contribution >= 0.6 is 11.8 Å². The van der Waals surface area contributed by atoms with E-state index >= 15 is 0 Å². The van der Waals surface area contributed by atoms with Crippen LogP contribution in [0.4, 0.5) is 0 Å². The number of imidazole rings is 1. The van der Waals surface area contributed by atoms with Gasteiger partial charge in [-0.25, -0.2) is 18.1 Å². The molecule has 29 heavy (non-hydrogen) atoms. The molecule has 148 valence electrons. The molecule has 0 amide bonds. The number of nitrogens with one attached hydrogen (secondary N) is 2. The Balaban J connectivity index is 1.40. The summed E-state index contributed by atoms with van der Waals surface area (Å²) in [5.74, 6) is 2.30. The molecule has 5 nitrogen and oxygen atoms in total. The molecule has 0 bridgehead atoms. The molecular formula is C22H21N3O2S2. The molecular weight excluding hydrogens is 402 g/mol. The van der Waals surface area contributed by atoms with Gasteiger partial charge < -0.3 is 4.98 Å². The number of aromatic nitrogens is 2. The highest BCUT2D eigenvalue weighted by atomic mass is 32.2. The second kappa shape index (κ2) is 8.82. The molecule has 3 aromatic carbocycles. The molecule has 0 fully saturated rings. The minimum absolute atomic E-state index is 0.237. The lowest BCUT2D eigenvalue weighted by Crippen LogP contribution is -2.26. The summed E-state index contributed by atoms with van der Waals surface area (Å²) in [4.78, 5) is 8.00. The Kier molecular flexibility index (Phi) is 5.99. The first-order valence-electron chi connectivity index (χ1n) is 9.28. The Hall–Kier alpha value is -2.61. The lowest BCUT2D eigenvalue weighted by atomic mass is 10.2. The van der Waals surface area contributed by atoms with Crippen LogP contribution in [0.1, 0.15) is 5.56 Å². The third-order valence-electron chi connectivity index (χ3n) is 4.46. The molecule has 0 aliphatic rings. The first-order chi connectivity index (χ1) is 14.1. The predicted octanol–water partition coefficient (Wildman–Crippen LogP) is 4.44. The van der Waals surface area contributed by atoms with Crippen LogP contribution < -0.4 is 4.72 Å². The first-order valence-corrected chi connectivity index (χ1v) is 11.9. The monoisotopic (exact) mass is 423 g/mol. The number of H-pyrrole nitrogens is 1. The topological polar surface area (TPSA) is 74.8 Å². The summed E-state index contributed by atoms with van der Waals surface area (Å²) < 4.78 is 27.9. The third kappa shape index (κ3) is 4.87. The number of hydrogen-bond acceptors (Lipinski definition) is 4.